The summed E-state index contributed by atoms with van der Waals surface area (Å²) in [4.78, 5) is 12.4. The van der Waals surface area contributed by atoms with Crippen LogP contribution >= 0.6 is 11.3 Å². The molecule has 0 aliphatic carbocycles. The molecule has 0 amide bonds. The van der Waals surface area contributed by atoms with E-state index >= 15 is 0 Å². The Labute approximate surface area is 151 Å². The highest BCUT2D eigenvalue weighted by Gasteiger charge is 2.30. The lowest BCUT2D eigenvalue weighted by Gasteiger charge is -2.20. The van der Waals surface area contributed by atoms with Crippen LogP contribution in [-0.2, 0) is 26.2 Å². The summed E-state index contributed by atoms with van der Waals surface area (Å²) in [6.07, 6.45) is 0. The summed E-state index contributed by atoms with van der Waals surface area (Å²) in [5.41, 5.74) is 0.984. The minimum atomic E-state index is -3.79. The number of carbonyl (C=O) groups excluding carboxylic acids is 1. The van der Waals surface area contributed by atoms with Gasteiger partial charge in [0.2, 0.25) is 0 Å². The number of carbonyl (C=O) groups is 1. The van der Waals surface area contributed by atoms with Gasteiger partial charge < -0.3 is 4.74 Å². The third kappa shape index (κ3) is 4.89. The molecular formula is C17H18N2O4S2. The van der Waals surface area contributed by atoms with Crippen LogP contribution in [0, 0.1) is 17.2 Å². The molecule has 0 saturated heterocycles. The lowest BCUT2D eigenvalue weighted by molar-refractivity contribution is -0.148. The van der Waals surface area contributed by atoms with Crippen LogP contribution < -0.4 is 4.72 Å². The molecule has 132 valence electrons. The SMILES string of the molecule is CC(C)[C@@H](NS(=O)(=O)c1cccs1)C(=O)OCc1ccccc1C#N. The fourth-order valence-corrected chi connectivity index (χ4v) is 4.43. The molecule has 0 radical (unpaired) electrons. The zero-order valence-electron chi connectivity index (χ0n) is 13.8. The molecule has 0 aliphatic heterocycles. The summed E-state index contributed by atoms with van der Waals surface area (Å²) in [7, 11) is -3.79. The first kappa shape index (κ1) is 19.1. The molecule has 0 spiro atoms. The van der Waals surface area contributed by atoms with Gasteiger partial charge in [-0.3, -0.25) is 4.79 Å². The molecule has 0 unspecified atom stereocenters. The first-order chi connectivity index (χ1) is 11.8. The number of nitriles is 1. The van der Waals surface area contributed by atoms with Crippen molar-refractivity contribution in [2.75, 3.05) is 0 Å². The van der Waals surface area contributed by atoms with Gasteiger partial charge in [0.25, 0.3) is 10.0 Å². The Morgan fingerprint density at radius 1 is 1.28 bits per heavy atom. The van der Waals surface area contributed by atoms with Crippen molar-refractivity contribution >= 4 is 27.3 Å². The maximum atomic E-state index is 12.4. The third-order valence-electron chi connectivity index (χ3n) is 3.47. The van der Waals surface area contributed by atoms with Gasteiger partial charge in [0, 0.05) is 5.56 Å². The molecule has 1 aromatic carbocycles. The summed E-state index contributed by atoms with van der Waals surface area (Å²) >= 11 is 1.07. The number of thiophene rings is 1. The predicted molar refractivity (Wildman–Crippen MR) is 94.2 cm³/mol. The summed E-state index contributed by atoms with van der Waals surface area (Å²) in [5, 5.41) is 10.7. The molecular weight excluding hydrogens is 360 g/mol. The first-order valence-electron chi connectivity index (χ1n) is 7.55. The Hall–Kier alpha value is -2.21. The van der Waals surface area contributed by atoms with E-state index in [9.17, 15) is 13.2 Å². The van der Waals surface area contributed by atoms with E-state index < -0.39 is 22.0 Å². The van der Waals surface area contributed by atoms with Gasteiger partial charge in [-0.05, 0) is 23.4 Å². The number of sulfonamides is 1. The van der Waals surface area contributed by atoms with Gasteiger partial charge in [0.1, 0.15) is 16.9 Å². The van der Waals surface area contributed by atoms with Crippen molar-refractivity contribution in [3.05, 3.63) is 52.9 Å². The van der Waals surface area contributed by atoms with Gasteiger partial charge in [0.15, 0.2) is 0 Å². The quantitative estimate of drug-likeness (QED) is 0.747. The van der Waals surface area contributed by atoms with Crippen molar-refractivity contribution in [3.63, 3.8) is 0 Å². The highest BCUT2D eigenvalue weighted by molar-refractivity contribution is 7.91. The van der Waals surface area contributed by atoms with E-state index in [4.69, 9.17) is 10.00 Å². The van der Waals surface area contributed by atoms with E-state index in [0.29, 0.717) is 11.1 Å². The second kappa shape index (κ2) is 8.25. The molecule has 1 N–H and O–H groups in total. The Bertz CT molecular complexity index is 868. The van der Waals surface area contributed by atoms with Crippen LogP contribution in [0.15, 0.2) is 46.0 Å². The second-order valence-corrected chi connectivity index (χ2v) is 8.54. The molecule has 2 aromatic rings. The van der Waals surface area contributed by atoms with Crippen LogP contribution in [0.3, 0.4) is 0 Å². The Morgan fingerprint density at radius 2 is 2.00 bits per heavy atom. The molecule has 1 heterocycles. The van der Waals surface area contributed by atoms with Crippen LogP contribution in [-0.4, -0.2) is 20.4 Å². The maximum Gasteiger partial charge on any atom is 0.324 e. The van der Waals surface area contributed by atoms with E-state index in [1.807, 2.05) is 6.07 Å². The Balaban J connectivity index is 2.10. The molecule has 0 fully saturated rings. The van der Waals surface area contributed by atoms with Gasteiger partial charge >= 0.3 is 5.97 Å². The maximum absolute atomic E-state index is 12.4. The van der Waals surface area contributed by atoms with Crippen LogP contribution in [0.2, 0.25) is 0 Å². The van der Waals surface area contributed by atoms with E-state index in [1.165, 1.54) is 6.07 Å². The van der Waals surface area contributed by atoms with Gasteiger partial charge in [-0.15, -0.1) is 11.3 Å². The van der Waals surface area contributed by atoms with E-state index in [2.05, 4.69) is 4.72 Å². The highest BCUT2D eigenvalue weighted by atomic mass is 32.2. The van der Waals surface area contributed by atoms with Crippen LogP contribution in [0.25, 0.3) is 0 Å². The number of nitrogens with zero attached hydrogens (tertiary/aromatic N) is 1. The van der Waals surface area contributed by atoms with Gasteiger partial charge in [-0.2, -0.15) is 9.98 Å². The number of hydrogen-bond donors (Lipinski definition) is 1. The first-order valence-corrected chi connectivity index (χ1v) is 9.92. The molecule has 0 saturated carbocycles. The normalized spacial score (nSPS) is 12.6. The van der Waals surface area contributed by atoms with Crippen molar-refractivity contribution in [1.29, 1.82) is 5.26 Å². The van der Waals surface area contributed by atoms with Crippen molar-refractivity contribution in [2.24, 2.45) is 5.92 Å². The van der Waals surface area contributed by atoms with Crippen molar-refractivity contribution in [2.45, 2.75) is 30.7 Å². The fraction of sp³-hybridized carbons (Fsp3) is 0.294. The number of esters is 1. The standard InChI is InChI=1S/C17H18N2O4S2/c1-12(2)16(19-25(21,22)15-8-5-9-24-15)17(20)23-11-14-7-4-3-6-13(14)10-18/h3-9,12,16,19H,11H2,1-2H3/t16-/m1/s1. The minimum Gasteiger partial charge on any atom is -0.460 e. The topological polar surface area (TPSA) is 96.3 Å². The van der Waals surface area contributed by atoms with Gasteiger partial charge in [0.05, 0.1) is 11.6 Å². The molecule has 8 heteroatoms. The zero-order valence-corrected chi connectivity index (χ0v) is 15.4. The largest absolute Gasteiger partial charge is 0.460 e. The lowest BCUT2D eigenvalue weighted by Crippen LogP contribution is -2.45. The number of hydrogen-bond acceptors (Lipinski definition) is 6. The average Bonchev–Trinajstić information content (AvgIpc) is 3.13. The summed E-state index contributed by atoms with van der Waals surface area (Å²) < 4.78 is 32.5. The predicted octanol–water partition coefficient (Wildman–Crippen LogP) is 2.67. The van der Waals surface area contributed by atoms with E-state index in [1.54, 1.807) is 49.6 Å². The van der Waals surface area contributed by atoms with E-state index in [-0.39, 0.29) is 16.7 Å². The molecule has 6 nitrogen and oxygen atoms in total. The Kier molecular flexibility index (Phi) is 6.31. The third-order valence-corrected chi connectivity index (χ3v) is 6.31. The van der Waals surface area contributed by atoms with Crippen molar-refractivity contribution in [3.8, 4) is 6.07 Å². The summed E-state index contributed by atoms with van der Waals surface area (Å²) in [6.45, 7) is 3.37. The number of nitrogens with one attached hydrogen (secondary N) is 1. The lowest BCUT2D eigenvalue weighted by atomic mass is 10.1. The monoisotopic (exact) mass is 378 g/mol. The van der Waals surface area contributed by atoms with E-state index in [0.717, 1.165) is 11.3 Å². The number of benzene rings is 1. The van der Waals surface area contributed by atoms with Crippen LogP contribution in [0.5, 0.6) is 0 Å². The van der Waals surface area contributed by atoms with Crippen molar-refractivity contribution in [1.82, 2.24) is 4.72 Å². The smallest absolute Gasteiger partial charge is 0.324 e. The average molecular weight is 378 g/mol. The Morgan fingerprint density at radius 3 is 2.60 bits per heavy atom. The molecule has 0 aliphatic rings. The van der Waals surface area contributed by atoms with Gasteiger partial charge in [-0.25, -0.2) is 8.42 Å². The van der Waals surface area contributed by atoms with Crippen molar-refractivity contribution < 1.29 is 17.9 Å². The molecule has 1 aromatic heterocycles. The van der Waals surface area contributed by atoms with Crippen LogP contribution in [0.4, 0.5) is 0 Å². The minimum absolute atomic E-state index is 0.0908. The second-order valence-electron chi connectivity index (χ2n) is 5.65. The molecule has 0 bridgehead atoms. The summed E-state index contributed by atoms with van der Waals surface area (Å²) in [6, 6.07) is 10.9. The summed E-state index contributed by atoms with van der Waals surface area (Å²) in [5.74, 6) is -0.976. The number of ether oxygens (including phenoxy) is 1. The highest BCUT2D eigenvalue weighted by Crippen LogP contribution is 2.18. The zero-order chi connectivity index (χ0) is 18.4. The van der Waals surface area contributed by atoms with Gasteiger partial charge in [-0.1, -0.05) is 38.1 Å². The fourth-order valence-electron chi connectivity index (χ4n) is 2.09. The molecule has 25 heavy (non-hydrogen) atoms. The van der Waals surface area contributed by atoms with Crippen LogP contribution in [0.1, 0.15) is 25.0 Å². The molecule has 2 rings (SSSR count). The number of rotatable bonds is 7. The molecule has 1 atom stereocenters.